The monoisotopic (exact) mass is 327 g/mol. The van der Waals surface area contributed by atoms with Gasteiger partial charge in [0, 0.05) is 6.04 Å². The van der Waals surface area contributed by atoms with Gasteiger partial charge in [-0.25, -0.2) is 4.79 Å². The number of para-hydroxylation sites is 1. The molecule has 0 aliphatic heterocycles. The van der Waals surface area contributed by atoms with E-state index in [0.29, 0.717) is 0 Å². The van der Waals surface area contributed by atoms with Crippen molar-refractivity contribution in [2.75, 3.05) is 0 Å². The molecule has 7 heteroatoms. The molecule has 0 radical (unpaired) electrons. The van der Waals surface area contributed by atoms with E-state index in [1.807, 2.05) is 0 Å². The maximum absolute atomic E-state index is 12.3. The molecule has 5 nitrogen and oxygen atoms in total. The number of benzene rings is 1. The molecule has 0 saturated heterocycles. The van der Waals surface area contributed by atoms with Gasteiger partial charge >= 0.3 is 12.6 Å². The van der Waals surface area contributed by atoms with Gasteiger partial charge in [0.05, 0.1) is 0 Å². The molecule has 0 spiro atoms. The molecule has 0 unspecified atom stereocenters. The zero-order valence-electron chi connectivity index (χ0n) is 12.8. The third kappa shape index (κ3) is 4.91. The Balaban J connectivity index is 1.96. The molecule has 1 N–H and O–H groups in total. The predicted octanol–water partition coefficient (Wildman–Crippen LogP) is 2.89. The van der Waals surface area contributed by atoms with E-state index in [4.69, 9.17) is 4.74 Å². The van der Waals surface area contributed by atoms with E-state index in [0.717, 1.165) is 25.7 Å². The van der Waals surface area contributed by atoms with E-state index in [9.17, 15) is 18.4 Å². The molecule has 1 aliphatic rings. The lowest BCUT2D eigenvalue weighted by Gasteiger charge is -2.17. The Morgan fingerprint density at radius 2 is 1.87 bits per heavy atom. The number of alkyl halides is 2. The van der Waals surface area contributed by atoms with E-state index < -0.39 is 24.6 Å². The number of nitrogens with one attached hydrogen (secondary N) is 1. The number of rotatable bonds is 6. The zero-order valence-corrected chi connectivity index (χ0v) is 12.8. The number of hydrogen-bond donors (Lipinski definition) is 1. The van der Waals surface area contributed by atoms with Crippen LogP contribution in [-0.2, 0) is 9.53 Å². The molecule has 23 heavy (non-hydrogen) atoms. The van der Waals surface area contributed by atoms with Crippen molar-refractivity contribution in [2.24, 2.45) is 0 Å². The summed E-state index contributed by atoms with van der Waals surface area (Å²) in [6.07, 6.45) is 2.95. The molecule has 0 aromatic heterocycles. The average molecular weight is 327 g/mol. The third-order valence-corrected chi connectivity index (χ3v) is 3.68. The lowest BCUT2D eigenvalue weighted by molar-refractivity contribution is -0.129. The summed E-state index contributed by atoms with van der Waals surface area (Å²) in [6, 6.07) is 5.62. The van der Waals surface area contributed by atoms with Crippen LogP contribution in [-0.4, -0.2) is 30.6 Å². The van der Waals surface area contributed by atoms with Gasteiger partial charge in [0.15, 0.2) is 6.10 Å². The normalized spacial score (nSPS) is 16.2. The predicted molar refractivity (Wildman–Crippen MR) is 78.4 cm³/mol. The molecule has 1 aromatic carbocycles. The Bertz CT molecular complexity index is 559. The fourth-order valence-electron chi connectivity index (χ4n) is 2.50. The number of carbonyl (C=O) groups is 2. The maximum Gasteiger partial charge on any atom is 0.387 e. The smallest absolute Gasteiger partial charge is 0.387 e. The van der Waals surface area contributed by atoms with Gasteiger partial charge in [0.2, 0.25) is 0 Å². The molecule has 126 valence electrons. The van der Waals surface area contributed by atoms with Crippen LogP contribution in [0, 0.1) is 0 Å². The van der Waals surface area contributed by atoms with Crippen molar-refractivity contribution < 1.29 is 27.8 Å². The summed E-state index contributed by atoms with van der Waals surface area (Å²) in [5.41, 5.74) is -0.145. The minimum Gasteiger partial charge on any atom is -0.449 e. The van der Waals surface area contributed by atoms with Crippen LogP contribution in [0.25, 0.3) is 0 Å². The number of hydrogen-bond acceptors (Lipinski definition) is 4. The number of amides is 1. The SMILES string of the molecule is C[C@H](OC(=O)c1ccccc1OC(F)F)C(=O)NC1CCCC1. The number of esters is 1. The summed E-state index contributed by atoms with van der Waals surface area (Å²) in [4.78, 5) is 24.1. The van der Waals surface area contributed by atoms with Gasteiger partial charge in [0.1, 0.15) is 11.3 Å². The van der Waals surface area contributed by atoms with Crippen LogP contribution >= 0.6 is 0 Å². The van der Waals surface area contributed by atoms with Crippen molar-refractivity contribution in [1.29, 1.82) is 0 Å². The quantitative estimate of drug-likeness (QED) is 0.816. The van der Waals surface area contributed by atoms with E-state index in [-0.39, 0.29) is 17.4 Å². The van der Waals surface area contributed by atoms with Crippen LogP contribution in [0.4, 0.5) is 8.78 Å². The standard InChI is InChI=1S/C16H19F2NO4/c1-10(14(20)19-11-6-2-3-7-11)22-15(21)12-8-4-5-9-13(12)23-16(17)18/h4-5,8-11,16H,2-3,6-7H2,1H3,(H,19,20)/t10-/m0/s1. The van der Waals surface area contributed by atoms with Crippen LogP contribution in [0.2, 0.25) is 0 Å². The Labute approximate surface area is 133 Å². The highest BCUT2D eigenvalue weighted by molar-refractivity contribution is 5.94. The molecule has 0 heterocycles. The van der Waals surface area contributed by atoms with Crippen LogP contribution in [0.5, 0.6) is 5.75 Å². The van der Waals surface area contributed by atoms with Gasteiger partial charge in [-0.05, 0) is 31.9 Å². The van der Waals surface area contributed by atoms with Crippen molar-refractivity contribution >= 4 is 11.9 Å². The molecule has 1 aromatic rings. The van der Waals surface area contributed by atoms with Gasteiger partial charge in [-0.1, -0.05) is 25.0 Å². The van der Waals surface area contributed by atoms with Gasteiger partial charge in [0.25, 0.3) is 5.91 Å². The molecule has 1 aliphatic carbocycles. The van der Waals surface area contributed by atoms with E-state index in [1.165, 1.54) is 31.2 Å². The average Bonchev–Trinajstić information content (AvgIpc) is 2.99. The minimum atomic E-state index is -3.05. The van der Waals surface area contributed by atoms with E-state index >= 15 is 0 Å². The van der Waals surface area contributed by atoms with Crippen molar-refractivity contribution in [1.82, 2.24) is 5.32 Å². The largest absolute Gasteiger partial charge is 0.449 e. The number of carbonyl (C=O) groups excluding carboxylic acids is 2. The third-order valence-electron chi connectivity index (χ3n) is 3.68. The summed E-state index contributed by atoms with van der Waals surface area (Å²) >= 11 is 0. The van der Waals surface area contributed by atoms with Crippen LogP contribution < -0.4 is 10.1 Å². The fraction of sp³-hybridized carbons (Fsp3) is 0.500. The second-order valence-electron chi connectivity index (χ2n) is 5.41. The second kappa shape index (κ2) is 7.89. The molecule has 1 atom stereocenters. The van der Waals surface area contributed by atoms with Crippen LogP contribution in [0.15, 0.2) is 24.3 Å². The van der Waals surface area contributed by atoms with Crippen molar-refractivity contribution in [3.05, 3.63) is 29.8 Å². The first-order valence-corrected chi connectivity index (χ1v) is 7.52. The van der Waals surface area contributed by atoms with Crippen LogP contribution in [0.1, 0.15) is 43.0 Å². The summed E-state index contributed by atoms with van der Waals surface area (Å²) in [5.74, 6) is -1.55. The molecule has 1 fully saturated rings. The number of halogens is 2. The molecule has 1 saturated carbocycles. The van der Waals surface area contributed by atoms with E-state index in [1.54, 1.807) is 0 Å². The highest BCUT2D eigenvalue weighted by Crippen LogP contribution is 2.22. The molecule has 2 rings (SSSR count). The Kier molecular flexibility index (Phi) is 5.90. The summed E-state index contributed by atoms with van der Waals surface area (Å²) in [7, 11) is 0. The summed E-state index contributed by atoms with van der Waals surface area (Å²) in [5, 5.41) is 2.81. The van der Waals surface area contributed by atoms with Gasteiger partial charge < -0.3 is 14.8 Å². The van der Waals surface area contributed by atoms with Gasteiger partial charge in [-0.3, -0.25) is 4.79 Å². The Hall–Kier alpha value is -2.18. The van der Waals surface area contributed by atoms with Crippen molar-refractivity contribution in [3.8, 4) is 5.75 Å². The number of ether oxygens (including phenoxy) is 2. The lowest BCUT2D eigenvalue weighted by atomic mass is 10.2. The van der Waals surface area contributed by atoms with Gasteiger partial charge in [-0.15, -0.1) is 0 Å². The Morgan fingerprint density at radius 1 is 1.22 bits per heavy atom. The van der Waals surface area contributed by atoms with Gasteiger partial charge in [-0.2, -0.15) is 8.78 Å². The van der Waals surface area contributed by atoms with E-state index in [2.05, 4.69) is 10.1 Å². The molecule has 1 amide bonds. The Morgan fingerprint density at radius 3 is 2.52 bits per heavy atom. The van der Waals surface area contributed by atoms with Crippen molar-refractivity contribution in [2.45, 2.75) is 51.4 Å². The van der Waals surface area contributed by atoms with Crippen molar-refractivity contribution in [3.63, 3.8) is 0 Å². The second-order valence-corrected chi connectivity index (χ2v) is 5.41. The molecule has 0 bridgehead atoms. The highest BCUT2D eigenvalue weighted by atomic mass is 19.3. The summed E-state index contributed by atoms with van der Waals surface area (Å²) < 4.78 is 34.0. The zero-order chi connectivity index (χ0) is 16.8. The molecular formula is C16H19F2NO4. The maximum atomic E-state index is 12.3. The van der Waals surface area contributed by atoms with Crippen LogP contribution in [0.3, 0.4) is 0 Å². The topological polar surface area (TPSA) is 64.6 Å². The first-order valence-electron chi connectivity index (χ1n) is 7.52. The lowest BCUT2D eigenvalue weighted by Crippen LogP contribution is -2.40. The fourth-order valence-corrected chi connectivity index (χ4v) is 2.50. The first kappa shape index (κ1) is 17.2. The summed E-state index contributed by atoms with van der Waals surface area (Å²) in [6.45, 7) is -1.61. The highest BCUT2D eigenvalue weighted by Gasteiger charge is 2.25. The minimum absolute atomic E-state index is 0.109. The molecular weight excluding hydrogens is 308 g/mol. The first-order chi connectivity index (χ1) is 11.0.